The third-order valence-electron chi connectivity index (χ3n) is 3.25. The van der Waals surface area contributed by atoms with Crippen molar-refractivity contribution in [1.29, 1.82) is 0 Å². The summed E-state index contributed by atoms with van der Waals surface area (Å²) in [6.07, 6.45) is 0.578. The van der Waals surface area contributed by atoms with Gasteiger partial charge in [0.05, 0.1) is 0 Å². The summed E-state index contributed by atoms with van der Waals surface area (Å²) in [7, 11) is 1.67. The van der Waals surface area contributed by atoms with E-state index in [1.54, 1.807) is 19.2 Å². The topological polar surface area (TPSA) is 65.5 Å². The highest BCUT2D eigenvalue weighted by atomic mass is 19.1. The third-order valence-corrected chi connectivity index (χ3v) is 3.25. The van der Waals surface area contributed by atoms with Gasteiger partial charge in [0, 0.05) is 32.1 Å². The zero-order valence-corrected chi connectivity index (χ0v) is 14.4. The first kappa shape index (κ1) is 18.9. The summed E-state index contributed by atoms with van der Waals surface area (Å²) >= 11 is 0. The lowest BCUT2D eigenvalue weighted by Crippen LogP contribution is -2.43. The number of amides is 1. The average molecular weight is 322 g/mol. The van der Waals surface area contributed by atoms with Crippen LogP contribution in [0.4, 0.5) is 4.39 Å². The van der Waals surface area contributed by atoms with E-state index in [2.05, 4.69) is 20.9 Å². The molecular weight excluding hydrogens is 295 g/mol. The Bertz CT molecular complexity index is 538. The number of aliphatic imine (C=N–C) groups is 1. The average Bonchev–Trinajstić information content (AvgIpc) is 2.50. The van der Waals surface area contributed by atoms with E-state index in [1.165, 1.54) is 6.07 Å². The molecule has 23 heavy (non-hydrogen) atoms. The Hall–Kier alpha value is -2.11. The monoisotopic (exact) mass is 322 g/mol. The minimum atomic E-state index is -0.389. The van der Waals surface area contributed by atoms with Crippen LogP contribution in [0.3, 0.4) is 0 Å². The molecule has 1 aromatic carbocycles. The summed E-state index contributed by atoms with van der Waals surface area (Å²) in [5.74, 6) is 0.454. The molecule has 0 atom stereocenters. The standard InChI is InChI=1S/C17H27FN4O/c1-17(2,3)15(23)20-11-12-22-16(19-4)21-10-9-13-7-5-6-8-14(13)18/h5-8H,9-12H2,1-4H3,(H,20,23)(H2,19,21,22). The highest BCUT2D eigenvalue weighted by Crippen LogP contribution is 2.11. The Morgan fingerprint density at radius 1 is 1.09 bits per heavy atom. The second kappa shape index (κ2) is 9.12. The molecule has 1 amide bonds. The highest BCUT2D eigenvalue weighted by molar-refractivity contribution is 5.81. The summed E-state index contributed by atoms with van der Waals surface area (Å²) in [5, 5.41) is 9.09. The van der Waals surface area contributed by atoms with Gasteiger partial charge in [0.25, 0.3) is 0 Å². The van der Waals surface area contributed by atoms with Crippen LogP contribution in [-0.2, 0) is 11.2 Å². The first-order chi connectivity index (χ1) is 10.8. The van der Waals surface area contributed by atoms with E-state index in [0.29, 0.717) is 37.6 Å². The molecule has 0 aliphatic heterocycles. The van der Waals surface area contributed by atoms with Gasteiger partial charge in [-0.3, -0.25) is 9.79 Å². The molecule has 0 fully saturated rings. The van der Waals surface area contributed by atoms with Crippen LogP contribution in [0.2, 0.25) is 0 Å². The van der Waals surface area contributed by atoms with Gasteiger partial charge < -0.3 is 16.0 Å². The lowest BCUT2D eigenvalue weighted by Gasteiger charge is -2.18. The van der Waals surface area contributed by atoms with Crippen LogP contribution in [0, 0.1) is 11.2 Å². The van der Waals surface area contributed by atoms with Crippen LogP contribution in [0.1, 0.15) is 26.3 Å². The third kappa shape index (κ3) is 7.13. The Balaban J connectivity index is 2.25. The first-order valence-corrected chi connectivity index (χ1v) is 7.81. The largest absolute Gasteiger partial charge is 0.356 e. The predicted molar refractivity (Wildman–Crippen MR) is 91.9 cm³/mol. The van der Waals surface area contributed by atoms with Crippen molar-refractivity contribution in [3.63, 3.8) is 0 Å². The zero-order valence-electron chi connectivity index (χ0n) is 14.4. The second-order valence-electron chi connectivity index (χ2n) is 6.27. The number of hydrogen-bond donors (Lipinski definition) is 3. The van der Waals surface area contributed by atoms with Gasteiger partial charge in [0.2, 0.25) is 5.91 Å². The number of rotatable bonds is 6. The summed E-state index contributed by atoms with van der Waals surface area (Å²) in [6.45, 7) is 7.29. The van der Waals surface area contributed by atoms with Crippen LogP contribution in [0.5, 0.6) is 0 Å². The molecular formula is C17H27FN4O. The van der Waals surface area contributed by atoms with E-state index in [4.69, 9.17) is 0 Å². The minimum Gasteiger partial charge on any atom is -0.356 e. The van der Waals surface area contributed by atoms with E-state index in [1.807, 2.05) is 26.8 Å². The fourth-order valence-electron chi connectivity index (χ4n) is 1.86. The smallest absolute Gasteiger partial charge is 0.225 e. The lowest BCUT2D eigenvalue weighted by atomic mass is 9.96. The van der Waals surface area contributed by atoms with Crippen molar-refractivity contribution in [2.75, 3.05) is 26.7 Å². The highest BCUT2D eigenvalue weighted by Gasteiger charge is 2.20. The van der Waals surface area contributed by atoms with Gasteiger partial charge in [-0.15, -0.1) is 0 Å². The minimum absolute atomic E-state index is 0.0156. The molecule has 5 nitrogen and oxygen atoms in total. The van der Waals surface area contributed by atoms with Crippen molar-refractivity contribution in [3.8, 4) is 0 Å². The number of carbonyl (C=O) groups excluding carboxylic acids is 1. The van der Waals surface area contributed by atoms with E-state index in [-0.39, 0.29) is 17.1 Å². The molecule has 0 unspecified atom stereocenters. The SMILES string of the molecule is CN=C(NCCNC(=O)C(C)(C)C)NCCc1ccccc1F. The van der Waals surface area contributed by atoms with Crippen molar-refractivity contribution >= 4 is 11.9 Å². The van der Waals surface area contributed by atoms with E-state index >= 15 is 0 Å². The van der Waals surface area contributed by atoms with Crippen LogP contribution in [0.25, 0.3) is 0 Å². The molecule has 3 N–H and O–H groups in total. The quantitative estimate of drug-likeness (QED) is 0.424. The van der Waals surface area contributed by atoms with Crippen LogP contribution >= 0.6 is 0 Å². The summed E-state index contributed by atoms with van der Waals surface area (Å²) in [5.41, 5.74) is 0.285. The molecule has 128 valence electrons. The number of nitrogens with zero attached hydrogens (tertiary/aromatic N) is 1. The number of nitrogens with one attached hydrogen (secondary N) is 3. The lowest BCUT2D eigenvalue weighted by molar-refractivity contribution is -0.128. The fraction of sp³-hybridized carbons (Fsp3) is 0.529. The molecule has 1 aromatic rings. The van der Waals surface area contributed by atoms with Gasteiger partial charge in [-0.1, -0.05) is 39.0 Å². The van der Waals surface area contributed by atoms with Gasteiger partial charge in [-0.25, -0.2) is 4.39 Å². The molecule has 0 saturated carbocycles. The van der Waals surface area contributed by atoms with Crippen molar-refractivity contribution in [1.82, 2.24) is 16.0 Å². The molecule has 0 aliphatic carbocycles. The molecule has 0 radical (unpaired) electrons. The molecule has 1 rings (SSSR count). The number of guanidine groups is 1. The van der Waals surface area contributed by atoms with Crippen LogP contribution in [-0.4, -0.2) is 38.5 Å². The Kier molecular flexibility index (Phi) is 7.51. The predicted octanol–water partition coefficient (Wildman–Crippen LogP) is 1.70. The molecule has 0 aliphatic rings. The summed E-state index contributed by atoms with van der Waals surface area (Å²) in [6, 6.07) is 6.73. The van der Waals surface area contributed by atoms with Gasteiger partial charge >= 0.3 is 0 Å². The maximum Gasteiger partial charge on any atom is 0.225 e. The van der Waals surface area contributed by atoms with Gasteiger partial charge in [0.15, 0.2) is 5.96 Å². The maximum atomic E-state index is 13.5. The number of benzene rings is 1. The Labute approximate surface area is 137 Å². The fourth-order valence-corrected chi connectivity index (χ4v) is 1.86. The zero-order chi connectivity index (χ0) is 17.3. The number of hydrogen-bond acceptors (Lipinski definition) is 2. The summed E-state index contributed by atoms with van der Waals surface area (Å²) < 4.78 is 13.5. The normalized spacial score (nSPS) is 12.0. The van der Waals surface area contributed by atoms with E-state index in [0.717, 1.165) is 0 Å². The Morgan fingerprint density at radius 2 is 1.70 bits per heavy atom. The van der Waals surface area contributed by atoms with Crippen molar-refractivity contribution in [3.05, 3.63) is 35.6 Å². The van der Waals surface area contributed by atoms with Gasteiger partial charge in [-0.2, -0.15) is 0 Å². The second-order valence-corrected chi connectivity index (χ2v) is 6.27. The molecule has 0 spiro atoms. The van der Waals surface area contributed by atoms with Crippen molar-refractivity contribution < 1.29 is 9.18 Å². The molecule has 0 heterocycles. The molecule has 0 saturated heterocycles. The summed E-state index contributed by atoms with van der Waals surface area (Å²) in [4.78, 5) is 15.8. The Morgan fingerprint density at radius 3 is 2.30 bits per heavy atom. The first-order valence-electron chi connectivity index (χ1n) is 7.81. The van der Waals surface area contributed by atoms with Crippen molar-refractivity contribution in [2.45, 2.75) is 27.2 Å². The maximum absolute atomic E-state index is 13.5. The number of carbonyl (C=O) groups is 1. The van der Waals surface area contributed by atoms with Gasteiger partial charge in [0.1, 0.15) is 5.82 Å². The molecule has 0 bridgehead atoms. The van der Waals surface area contributed by atoms with Gasteiger partial charge in [-0.05, 0) is 18.1 Å². The molecule has 6 heteroatoms. The van der Waals surface area contributed by atoms with Crippen molar-refractivity contribution in [2.24, 2.45) is 10.4 Å². The van der Waals surface area contributed by atoms with E-state index < -0.39 is 0 Å². The van der Waals surface area contributed by atoms with Crippen LogP contribution in [0.15, 0.2) is 29.3 Å². The number of halogens is 1. The molecule has 0 aromatic heterocycles. The van der Waals surface area contributed by atoms with E-state index in [9.17, 15) is 9.18 Å². The van der Waals surface area contributed by atoms with Crippen LogP contribution < -0.4 is 16.0 Å².